The molecule has 0 amide bonds. The van der Waals surface area contributed by atoms with Crippen molar-refractivity contribution in [2.24, 2.45) is 11.8 Å². The van der Waals surface area contributed by atoms with Gasteiger partial charge in [-0.25, -0.2) is 0 Å². The second-order valence-corrected chi connectivity index (χ2v) is 7.00. The topological polar surface area (TPSA) is 15.3 Å². The summed E-state index contributed by atoms with van der Waals surface area (Å²) in [6, 6.07) is 1.52. The molecule has 0 radical (unpaired) electrons. The average Bonchev–Trinajstić information content (AvgIpc) is 2.36. The van der Waals surface area contributed by atoms with E-state index in [1.807, 2.05) is 0 Å². The molecule has 114 valence electrons. The Kier molecular flexibility index (Phi) is 8.01. The molecule has 3 atom stereocenters. The van der Waals surface area contributed by atoms with Gasteiger partial charge in [0.05, 0.1) is 0 Å². The molecule has 0 aromatic carbocycles. The zero-order valence-electron chi connectivity index (χ0n) is 13.9. The van der Waals surface area contributed by atoms with Crippen LogP contribution in [0.5, 0.6) is 0 Å². The Hall–Kier alpha value is -0.0800. The van der Waals surface area contributed by atoms with Crippen molar-refractivity contribution < 1.29 is 0 Å². The van der Waals surface area contributed by atoms with Crippen LogP contribution in [0, 0.1) is 11.8 Å². The van der Waals surface area contributed by atoms with Gasteiger partial charge in [-0.1, -0.05) is 40.5 Å². The first-order valence-electron chi connectivity index (χ1n) is 8.52. The van der Waals surface area contributed by atoms with E-state index < -0.39 is 0 Å². The van der Waals surface area contributed by atoms with E-state index >= 15 is 0 Å². The van der Waals surface area contributed by atoms with Gasteiger partial charge in [0.1, 0.15) is 0 Å². The van der Waals surface area contributed by atoms with Gasteiger partial charge in [0.15, 0.2) is 0 Å². The number of hydrogen-bond acceptors (Lipinski definition) is 2. The van der Waals surface area contributed by atoms with Crippen LogP contribution < -0.4 is 5.32 Å². The van der Waals surface area contributed by atoms with Gasteiger partial charge in [-0.15, -0.1) is 0 Å². The molecule has 0 bridgehead atoms. The van der Waals surface area contributed by atoms with Gasteiger partial charge in [-0.05, 0) is 51.1 Å². The number of piperidine rings is 1. The summed E-state index contributed by atoms with van der Waals surface area (Å²) >= 11 is 0. The quantitative estimate of drug-likeness (QED) is 0.718. The Balaban J connectivity index is 2.26. The molecule has 2 heteroatoms. The molecule has 19 heavy (non-hydrogen) atoms. The molecule has 1 aliphatic rings. The highest BCUT2D eigenvalue weighted by Gasteiger charge is 2.27. The molecule has 1 aliphatic heterocycles. The lowest BCUT2D eigenvalue weighted by atomic mass is 9.92. The molecule has 1 N–H and O–H groups in total. The lowest BCUT2D eigenvalue weighted by Crippen LogP contribution is -2.50. The van der Waals surface area contributed by atoms with Crippen LogP contribution in [0.4, 0.5) is 0 Å². The Morgan fingerprint density at radius 3 is 2.53 bits per heavy atom. The molecule has 0 saturated carbocycles. The average molecular weight is 268 g/mol. The molecule has 2 nitrogen and oxygen atoms in total. The van der Waals surface area contributed by atoms with Crippen molar-refractivity contribution in [1.29, 1.82) is 0 Å². The van der Waals surface area contributed by atoms with Gasteiger partial charge < -0.3 is 10.2 Å². The predicted octanol–water partition coefficient (Wildman–Crippen LogP) is 3.91. The SMILES string of the molecule is CCCNC1CCN(C(C)CCCC(C)C)CC1C. The summed E-state index contributed by atoms with van der Waals surface area (Å²) in [5, 5.41) is 3.71. The summed E-state index contributed by atoms with van der Waals surface area (Å²) in [7, 11) is 0. The largest absolute Gasteiger partial charge is 0.314 e. The zero-order chi connectivity index (χ0) is 14.3. The minimum Gasteiger partial charge on any atom is -0.314 e. The van der Waals surface area contributed by atoms with Crippen LogP contribution in [-0.2, 0) is 0 Å². The third-order valence-electron chi connectivity index (χ3n) is 4.62. The Bertz CT molecular complexity index is 227. The van der Waals surface area contributed by atoms with E-state index in [0.29, 0.717) is 0 Å². The standard InChI is InChI=1S/C17H36N2/c1-6-11-18-17-10-12-19(13-15(17)4)16(5)9-7-8-14(2)3/h14-18H,6-13H2,1-5H3. The number of likely N-dealkylation sites (tertiary alicyclic amines) is 1. The van der Waals surface area contributed by atoms with Gasteiger partial charge in [-0.3, -0.25) is 0 Å². The first kappa shape index (κ1) is 17.0. The van der Waals surface area contributed by atoms with Crippen molar-refractivity contribution in [3.05, 3.63) is 0 Å². The summed E-state index contributed by atoms with van der Waals surface area (Å²) in [6.07, 6.45) is 6.72. The van der Waals surface area contributed by atoms with E-state index in [1.54, 1.807) is 0 Å². The number of hydrogen-bond donors (Lipinski definition) is 1. The van der Waals surface area contributed by atoms with Crippen molar-refractivity contribution in [3.63, 3.8) is 0 Å². The molecule has 1 heterocycles. The van der Waals surface area contributed by atoms with Crippen molar-refractivity contribution in [2.75, 3.05) is 19.6 Å². The van der Waals surface area contributed by atoms with Crippen molar-refractivity contribution in [1.82, 2.24) is 10.2 Å². The molecule has 1 saturated heterocycles. The van der Waals surface area contributed by atoms with Crippen LogP contribution in [0.2, 0.25) is 0 Å². The zero-order valence-corrected chi connectivity index (χ0v) is 13.9. The third-order valence-corrected chi connectivity index (χ3v) is 4.62. The van der Waals surface area contributed by atoms with Gasteiger partial charge in [0.25, 0.3) is 0 Å². The fourth-order valence-corrected chi connectivity index (χ4v) is 3.22. The van der Waals surface area contributed by atoms with Crippen molar-refractivity contribution in [3.8, 4) is 0 Å². The monoisotopic (exact) mass is 268 g/mol. The van der Waals surface area contributed by atoms with E-state index in [9.17, 15) is 0 Å². The molecular formula is C17H36N2. The number of nitrogens with zero attached hydrogens (tertiary/aromatic N) is 1. The highest BCUT2D eigenvalue weighted by atomic mass is 15.2. The Morgan fingerprint density at radius 2 is 1.95 bits per heavy atom. The highest BCUT2D eigenvalue weighted by molar-refractivity contribution is 4.84. The summed E-state index contributed by atoms with van der Waals surface area (Å²) in [5.74, 6) is 1.66. The van der Waals surface area contributed by atoms with Gasteiger partial charge >= 0.3 is 0 Å². The second-order valence-electron chi connectivity index (χ2n) is 7.00. The second kappa shape index (κ2) is 8.97. The van der Waals surface area contributed by atoms with Crippen LogP contribution >= 0.6 is 0 Å². The van der Waals surface area contributed by atoms with Crippen molar-refractivity contribution >= 4 is 0 Å². The maximum atomic E-state index is 3.71. The molecule has 1 fully saturated rings. The smallest absolute Gasteiger partial charge is 0.0117 e. The van der Waals surface area contributed by atoms with Gasteiger partial charge in [0.2, 0.25) is 0 Å². The van der Waals surface area contributed by atoms with E-state index in [4.69, 9.17) is 0 Å². The molecular weight excluding hydrogens is 232 g/mol. The van der Waals surface area contributed by atoms with Crippen LogP contribution in [-0.4, -0.2) is 36.6 Å². The summed E-state index contributed by atoms with van der Waals surface area (Å²) in [6.45, 7) is 15.5. The fourth-order valence-electron chi connectivity index (χ4n) is 3.22. The van der Waals surface area contributed by atoms with Gasteiger partial charge in [0, 0.05) is 18.6 Å². The summed E-state index contributed by atoms with van der Waals surface area (Å²) in [4.78, 5) is 2.72. The normalized spacial score (nSPS) is 26.8. The maximum Gasteiger partial charge on any atom is 0.0117 e. The van der Waals surface area contributed by atoms with Crippen LogP contribution in [0.15, 0.2) is 0 Å². The minimum absolute atomic E-state index is 0.749. The summed E-state index contributed by atoms with van der Waals surface area (Å²) in [5.41, 5.74) is 0. The van der Waals surface area contributed by atoms with Crippen LogP contribution in [0.1, 0.15) is 66.7 Å². The van der Waals surface area contributed by atoms with E-state index in [2.05, 4.69) is 44.8 Å². The predicted molar refractivity (Wildman–Crippen MR) is 85.6 cm³/mol. The molecule has 0 spiro atoms. The Morgan fingerprint density at radius 1 is 1.21 bits per heavy atom. The highest BCUT2D eigenvalue weighted by Crippen LogP contribution is 2.21. The number of rotatable bonds is 8. The number of nitrogens with one attached hydrogen (secondary N) is 1. The first-order valence-corrected chi connectivity index (χ1v) is 8.52. The first-order chi connectivity index (χ1) is 9.04. The van der Waals surface area contributed by atoms with Crippen molar-refractivity contribution in [2.45, 2.75) is 78.8 Å². The molecule has 0 aromatic rings. The Labute approximate surface area is 121 Å². The van der Waals surface area contributed by atoms with E-state index in [-0.39, 0.29) is 0 Å². The van der Waals surface area contributed by atoms with E-state index in [1.165, 1.54) is 51.7 Å². The molecule has 0 aromatic heterocycles. The fraction of sp³-hybridized carbons (Fsp3) is 1.00. The van der Waals surface area contributed by atoms with Gasteiger partial charge in [-0.2, -0.15) is 0 Å². The maximum absolute atomic E-state index is 3.71. The third kappa shape index (κ3) is 6.27. The van der Waals surface area contributed by atoms with E-state index in [0.717, 1.165) is 23.9 Å². The summed E-state index contributed by atoms with van der Waals surface area (Å²) < 4.78 is 0. The molecule has 0 aliphatic carbocycles. The lowest BCUT2D eigenvalue weighted by Gasteiger charge is -2.40. The van der Waals surface area contributed by atoms with Crippen LogP contribution in [0.3, 0.4) is 0 Å². The minimum atomic E-state index is 0.749. The molecule has 1 rings (SSSR count). The van der Waals surface area contributed by atoms with Crippen LogP contribution in [0.25, 0.3) is 0 Å². The molecule has 3 unspecified atom stereocenters. The lowest BCUT2D eigenvalue weighted by molar-refractivity contribution is 0.105.